The average Bonchev–Trinajstić information content (AvgIpc) is 3.91. The summed E-state index contributed by atoms with van der Waals surface area (Å²) in [6.45, 7) is 21.1. The molecule has 5 rings (SSSR count). The van der Waals surface area contributed by atoms with Gasteiger partial charge in [0.15, 0.2) is 0 Å². The van der Waals surface area contributed by atoms with E-state index in [2.05, 4.69) is 85.4 Å². The molecular formula is C54H70FeN4O6. The fraction of sp³-hybridized carbons (Fsp3) is 0.500. The van der Waals surface area contributed by atoms with E-state index in [-0.39, 0.29) is 71.6 Å². The summed E-state index contributed by atoms with van der Waals surface area (Å²) in [5, 5.41) is 42.4. The van der Waals surface area contributed by atoms with Crippen molar-refractivity contribution in [3.8, 4) is 0 Å². The Morgan fingerprint density at radius 1 is 0.769 bits per heavy atom. The number of aldehydes is 1. The molecule has 0 spiro atoms. The van der Waals surface area contributed by atoms with Gasteiger partial charge in [-0.25, -0.2) is 0 Å². The number of allylic oxidation sites excluding steroid dienone is 10. The summed E-state index contributed by atoms with van der Waals surface area (Å²) in [7, 11) is 0. The van der Waals surface area contributed by atoms with Gasteiger partial charge in [-0.15, -0.1) is 52.9 Å². The van der Waals surface area contributed by atoms with Gasteiger partial charge in [-0.1, -0.05) is 102 Å². The fourth-order valence-corrected chi connectivity index (χ4v) is 9.42. The number of carboxylic acids is 2. The van der Waals surface area contributed by atoms with Crippen molar-refractivity contribution in [1.82, 2.24) is 9.97 Å². The Hall–Kier alpha value is -4.67. The minimum atomic E-state index is -1.000. The Bertz CT molecular complexity index is 2350. The second-order valence-corrected chi connectivity index (χ2v) is 18.6. The van der Waals surface area contributed by atoms with Crippen LogP contribution in [-0.2, 0) is 33.1 Å². The maximum absolute atomic E-state index is 12.8. The summed E-state index contributed by atoms with van der Waals surface area (Å²) in [4.78, 5) is 46.4. The number of fused-ring (bicyclic) bond motifs is 8. The van der Waals surface area contributed by atoms with Crippen molar-refractivity contribution in [1.29, 1.82) is 0 Å². The summed E-state index contributed by atoms with van der Waals surface area (Å²) >= 11 is 0. The molecule has 0 radical (unpaired) electrons. The Morgan fingerprint density at radius 3 is 1.97 bits per heavy atom. The monoisotopic (exact) mass is 926 g/mol. The van der Waals surface area contributed by atoms with Gasteiger partial charge in [0.25, 0.3) is 0 Å². The molecule has 2 aromatic rings. The average molecular weight is 927 g/mol. The Labute approximate surface area is 397 Å². The molecule has 3 aliphatic heterocycles. The molecule has 0 aliphatic carbocycles. The first-order valence-corrected chi connectivity index (χ1v) is 23.2. The number of aliphatic hydroxyl groups excluding tert-OH is 1. The quantitative estimate of drug-likeness (QED) is 0.0631. The zero-order valence-electron chi connectivity index (χ0n) is 39.7. The maximum atomic E-state index is 12.8. The number of aromatic nitrogens is 2. The van der Waals surface area contributed by atoms with E-state index >= 15 is 0 Å². The summed E-state index contributed by atoms with van der Waals surface area (Å²) in [6.07, 6.45) is 26.4. The van der Waals surface area contributed by atoms with Crippen LogP contribution in [0, 0.1) is 30.6 Å². The van der Waals surface area contributed by atoms with Crippen LogP contribution in [0.4, 0.5) is 0 Å². The number of aliphatic carboxylic acids is 2. The van der Waals surface area contributed by atoms with Crippen LogP contribution in [0.25, 0.3) is 28.9 Å². The van der Waals surface area contributed by atoms with Crippen LogP contribution >= 0.6 is 0 Å². The molecule has 65 heavy (non-hydrogen) atoms. The van der Waals surface area contributed by atoms with Crippen molar-refractivity contribution in [2.45, 2.75) is 151 Å². The van der Waals surface area contributed by atoms with Crippen molar-refractivity contribution >= 4 is 36.5 Å². The van der Waals surface area contributed by atoms with E-state index < -0.39 is 24.1 Å². The molecule has 0 amide bonds. The van der Waals surface area contributed by atoms with Crippen LogP contribution in [0.3, 0.4) is 0 Å². The van der Waals surface area contributed by atoms with Crippen LogP contribution in [0.5, 0.6) is 0 Å². The number of aliphatic hydroxyl groups is 1. The Morgan fingerprint density at radius 2 is 1.38 bits per heavy atom. The van der Waals surface area contributed by atoms with Crippen molar-refractivity contribution in [3.05, 3.63) is 132 Å². The fourth-order valence-electron chi connectivity index (χ4n) is 9.42. The Kier molecular flexibility index (Phi) is 20.2. The zero-order valence-corrected chi connectivity index (χ0v) is 40.8. The van der Waals surface area contributed by atoms with Gasteiger partial charge < -0.3 is 35.9 Å². The second kappa shape index (κ2) is 24.7. The number of carboxylic acid groups (broad SMARTS) is 2. The third kappa shape index (κ3) is 14.2. The number of carbonyl (C=O) groups is 3. The number of carbonyl (C=O) groups excluding carboxylic acids is 1. The summed E-state index contributed by atoms with van der Waals surface area (Å²) in [6, 6.07) is -0.713. The van der Waals surface area contributed by atoms with E-state index in [0.29, 0.717) is 52.5 Å². The van der Waals surface area contributed by atoms with Gasteiger partial charge in [0.1, 0.15) is 6.29 Å². The molecule has 2 aromatic heterocycles. The molecule has 11 heteroatoms. The van der Waals surface area contributed by atoms with E-state index in [1.54, 1.807) is 6.08 Å². The zero-order chi connectivity index (χ0) is 46.7. The third-order valence-electron chi connectivity index (χ3n) is 13.4. The topological polar surface area (TPSA) is 168 Å². The molecule has 350 valence electrons. The van der Waals surface area contributed by atoms with E-state index in [1.165, 1.54) is 22.3 Å². The predicted molar refractivity (Wildman–Crippen MR) is 258 cm³/mol. The van der Waals surface area contributed by atoms with E-state index in [0.717, 1.165) is 61.8 Å². The molecule has 10 nitrogen and oxygen atoms in total. The van der Waals surface area contributed by atoms with Gasteiger partial charge in [-0.2, -0.15) is 11.4 Å². The molecule has 2 saturated heterocycles. The minimum absolute atomic E-state index is 0. The molecule has 0 saturated carbocycles. The standard InChI is InChI=1S/C54H70N4O6.Fe/c1-10-39-36(7)44-29-50-54(51(60)22-14-21-35(6)20-13-19-34(5)18-12-17-33(4)16-11-15-32(2)3)38(9)45(57-50)28-49-42(31-59)41(24-26-53(63)64)48(58-49)30-47-40(23-25-52(61)62)37(8)43(56-47)27-46(39)55-44;/h10,15,17,19,21,27-31,36-37,39-40,43,47,51,60H,1,11-14,16,18,20,22-26H2,2-9H3,(H,61,62)(H,63,64);/q-4;+4/b33-17+,34-19+,35-21+,44-29-,46-27-,48-30-,49-28-;/t36-,37+,39-,40+,43?,47?,51-;/m0./s1. The number of rotatable bonds is 21. The van der Waals surface area contributed by atoms with E-state index in [1.807, 2.05) is 25.2 Å². The number of nitrogens with zero attached hydrogens (tertiary/aromatic N) is 4. The van der Waals surface area contributed by atoms with Gasteiger partial charge in [0.2, 0.25) is 0 Å². The van der Waals surface area contributed by atoms with Crippen molar-refractivity contribution < 1.29 is 46.8 Å². The molecule has 2 unspecified atom stereocenters. The predicted octanol–water partition coefficient (Wildman–Crippen LogP) is 10.6. The summed E-state index contributed by atoms with van der Waals surface area (Å²) in [5.74, 6) is -2.19. The van der Waals surface area contributed by atoms with Gasteiger partial charge in [-0.05, 0) is 123 Å². The maximum Gasteiger partial charge on any atom is 4.00 e. The molecule has 5 heterocycles. The van der Waals surface area contributed by atoms with Crippen LogP contribution in [-0.4, -0.2) is 45.6 Å². The van der Waals surface area contributed by atoms with Gasteiger partial charge in [0, 0.05) is 18.4 Å². The van der Waals surface area contributed by atoms with Crippen molar-refractivity contribution in [2.24, 2.45) is 23.7 Å². The largest absolute Gasteiger partial charge is 4.00 e. The first-order valence-electron chi connectivity index (χ1n) is 23.2. The molecule has 3 aliphatic rings. The minimum Gasteiger partial charge on any atom is -0.664 e. The normalized spacial score (nSPS) is 25.0. The van der Waals surface area contributed by atoms with Crippen LogP contribution < -0.4 is 20.7 Å². The first kappa shape index (κ1) is 52.9. The van der Waals surface area contributed by atoms with Gasteiger partial charge in [-0.3, -0.25) is 14.4 Å². The molecular weight excluding hydrogens is 856 g/mol. The first-order chi connectivity index (χ1) is 30.5. The summed E-state index contributed by atoms with van der Waals surface area (Å²) < 4.78 is 0. The number of hydrogen-bond acceptors (Lipinski definition) is 4. The second-order valence-electron chi connectivity index (χ2n) is 18.6. The van der Waals surface area contributed by atoms with Crippen LogP contribution in [0.1, 0.15) is 164 Å². The molecule has 3 N–H and O–H groups in total. The molecule has 0 aromatic carbocycles. The van der Waals surface area contributed by atoms with Crippen LogP contribution in [0.2, 0.25) is 0 Å². The van der Waals surface area contributed by atoms with Crippen molar-refractivity contribution in [2.75, 3.05) is 0 Å². The van der Waals surface area contributed by atoms with Crippen LogP contribution in [0.15, 0.2) is 76.7 Å². The van der Waals surface area contributed by atoms with E-state index in [9.17, 15) is 29.7 Å². The summed E-state index contributed by atoms with van der Waals surface area (Å²) in [5.41, 5.74) is 10.6. The smallest absolute Gasteiger partial charge is 0.664 e. The SMILES string of the molecule is C=C[C@@H]1/C2=C/C3[N-]C(/C=c4\[n-]/c(c(C=O)c4CCC(=O)O)=C\c4[n-]c(c([C@@H](O)CC/C=C(\C)CC/C=C(\C)CC/C=C(\C)CCC=C(C)C)c4C)/C=C(\[N-]2)[C@H]1C)[C@H](CCC(=O)O)[C@H]3C.[Fe+4]. The van der Waals surface area contributed by atoms with Gasteiger partial charge >= 0.3 is 29.0 Å². The Balaban J connectivity index is 0.00000925. The van der Waals surface area contributed by atoms with Gasteiger partial charge in [0.05, 0.1) is 6.10 Å². The third-order valence-corrected chi connectivity index (χ3v) is 13.4. The molecule has 2 fully saturated rings. The van der Waals surface area contributed by atoms with Crippen molar-refractivity contribution in [3.63, 3.8) is 0 Å². The number of hydrogen-bond donors (Lipinski definition) is 3. The molecule has 7 atom stereocenters. The molecule has 8 bridgehead atoms. The van der Waals surface area contributed by atoms with E-state index in [4.69, 9.17) is 20.6 Å².